The average Bonchev–Trinajstić information content (AvgIpc) is 1.82. The number of carbonyl (C=O) groups excluding carboxylic acids is 1. The van der Waals surface area contributed by atoms with Crippen molar-refractivity contribution in [3.8, 4) is 0 Å². The Balaban J connectivity index is 3.24. The molecule has 0 aromatic carbocycles. The highest BCUT2D eigenvalue weighted by molar-refractivity contribution is 5.38. The minimum absolute atomic E-state index is 0.0403. The molecule has 1 radical (unpaired) electrons. The van der Waals surface area contributed by atoms with Crippen LogP contribution in [0.15, 0.2) is 0 Å². The van der Waals surface area contributed by atoms with Crippen LogP contribution < -0.4 is 0 Å². The molecule has 0 heterocycles. The van der Waals surface area contributed by atoms with E-state index in [1.807, 2.05) is 20.8 Å². The zero-order valence-corrected chi connectivity index (χ0v) is 6.59. The van der Waals surface area contributed by atoms with Crippen molar-refractivity contribution in [2.45, 2.75) is 33.0 Å². The van der Waals surface area contributed by atoms with E-state index in [0.29, 0.717) is 0 Å². The molecule has 59 valence electrons. The van der Waals surface area contributed by atoms with E-state index in [9.17, 15) is 4.79 Å². The van der Waals surface area contributed by atoms with Crippen LogP contribution in [0, 0.1) is 0 Å². The van der Waals surface area contributed by atoms with E-state index < -0.39 is 0 Å². The number of ether oxygens (including phenoxy) is 2. The van der Waals surface area contributed by atoms with E-state index in [2.05, 4.69) is 4.74 Å². The van der Waals surface area contributed by atoms with Gasteiger partial charge in [-0.2, -0.15) is 0 Å². The molecule has 0 N–H and O–H groups in total. The smallest absolute Gasteiger partial charge is 0.417 e. The molecule has 0 saturated heterocycles. The number of hydrogen-bond acceptors (Lipinski definition) is 3. The van der Waals surface area contributed by atoms with E-state index >= 15 is 0 Å². The molecule has 0 bridgehead atoms. The van der Waals surface area contributed by atoms with Crippen molar-refractivity contribution in [1.82, 2.24) is 0 Å². The van der Waals surface area contributed by atoms with Crippen molar-refractivity contribution in [2.24, 2.45) is 0 Å². The Morgan fingerprint density at radius 3 is 2.40 bits per heavy atom. The van der Waals surface area contributed by atoms with Gasteiger partial charge >= 0.3 is 6.47 Å². The fourth-order valence-corrected chi connectivity index (χ4v) is 0.655. The normalized spacial score (nSPS) is 13.2. The Kier molecular flexibility index (Phi) is 4.94. The summed E-state index contributed by atoms with van der Waals surface area (Å²) in [6.07, 6.45) is 0.131. The van der Waals surface area contributed by atoms with Crippen LogP contribution >= 0.6 is 0 Å². The van der Waals surface area contributed by atoms with Crippen molar-refractivity contribution in [3.05, 3.63) is 0 Å². The van der Waals surface area contributed by atoms with Gasteiger partial charge in [0, 0.05) is 0 Å². The Hall–Kier alpha value is -0.570. The van der Waals surface area contributed by atoms with E-state index in [0.717, 1.165) is 0 Å². The first-order chi connectivity index (χ1) is 4.66. The third kappa shape index (κ3) is 5.56. The van der Waals surface area contributed by atoms with Gasteiger partial charge in [0.25, 0.3) is 0 Å². The van der Waals surface area contributed by atoms with Crippen LogP contribution in [0.3, 0.4) is 0 Å². The van der Waals surface area contributed by atoms with Gasteiger partial charge in [-0.15, -0.1) is 0 Å². The summed E-state index contributed by atoms with van der Waals surface area (Å²) in [5.41, 5.74) is 0. The second-order valence-electron chi connectivity index (χ2n) is 2.39. The molecular weight excluding hydrogens is 132 g/mol. The molecule has 1 atom stereocenters. The Morgan fingerprint density at radius 2 is 2.00 bits per heavy atom. The molecule has 0 rings (SSSR count). The van der Waals surface area contributed by atoms with Crippen LogP contribution in [0.4, 0.5) is 0 Å². The topological polar surface area (TPSA) is 35.5 Å². The van der Waals surface area contributed by atoms with Crippen molar-refractivity contribution >= 4 is 6.47 Å². The summed E-state index contributed by atoms with van der Waals surface area (Å²) in [4.78, 5) is 9.59. The van der Waals surface area contributed by atoms with Gasteiger partial charge in [0.2, 0.25) is 0 Å². The molecule has 0 aliphatic carbocycles. The molecule has 0 aromatic heterocycles. The van der Waals surface area contributed by atoms with Crippen molar-refractivity contribution in [1.29, 1.82) is 0 Å². The first-order valence-electron chi connectivity index (χ1n) is 3.31. The molecule has 10 heavy (non-hydrogen) atoms. The molecule has 0 aromatic rings. The first kappa shape index (κ1) is 9.43. The standard InChI is InChI=1S/C7H13O3/c1-6(2)10-7(3)4-9-5-8/h6-7H,4H2,1-3H3. The highest BCUT2D eigenvalue weighted by atomic mass is 16.6. The summed E-state index contributed by atoms with van der Waals surface area (Å²) < 4.78 is 9.61. The van der Waals surface area contributed by atoms with Crippen LogP contribution in [0.5, 0.6) is 0 Å². The molecule has 0 aliphatic rings. The van der Waals surface area contributed by atoms with Gasteiger partial charge < -0.3 is 9.47 Å². The Labute approximate surface area is 61.3 Å². The molecule has 0 saturated carbocycles. The molecule has 0 amide bonds. The van der Waals surface area contributed by atoms with Gasteiger partial charge in [-0.05, 0) is 20.8 Å². The van der Waals surface area contributed by atoms with Gasteiger partial charge in [0.15, 0.2) is 0 Å². The van der Waals surface area contributed by atoms with Crippen LogP contribution in [0.1, 0.15) is 20.8 Å². The van der Waals surface area contributed by atoms with E-state index in [4.69, 9.17) is 4.74 Å². The lowest BCUT2D eigenvalue weighted by atomic mass is 10.4. The summed E-state index contributed by atoms with van der Waals surface area (Å²) in [6, 6.07) is 0. The number of rotatable bonds is 5. The summed E-state index contributed by atoms with van der Waals surface area (Å²) in [5, 5.41) is 0. The van der Waals surface area contributed by atoms with Crippen molar-refractivity contribution in [2.75, 3.05) is 6.61 Å². The van der Waals surface area contributed by atoms with Gasteiger partial charge in [0.1, 0.15) is 6.61 Å². The maximum absolute atomic E-state index is 9.59. The third-order valence-corrected chi connectivity index (χ3v) is 0.881. The average molecular weight is 145 g/mol. The minimum Gasteiger partial charge on any atom is -0.455 e. The van der Waals surface area contributed by atoms with Gasteiger partial charge in [-0.25, -0.2) is 4.79 Å². The minimum atomic E-state index is -0.0403. The zero-order chi connectivity index (χ0) is 7.98. The lowest BCUT2D eigenvalue weighted by Crippen LogP contribution is -2.19. The first-order valence-corrected chi connectivity index (χ1v) is 3.31. The molecule has 0 fully saturated rings. The van der Waals surface area contributed by atoms with E-state index in [-0.39, 0.29) is 18.8 Å². The van der Waals surface area contributed by atoms with Crippen LogP contribution in [0.2, 0.25) is 0 Å². The predicted molar refractivity (Wildman–Crippen MR) is 37.3 cm³/mol. The molecular formula is C7H13O3. The van der Waals surface area contributed by atoms with Crippen LogP contribution in [-0.2, 0) is 14.3 Å². The van der Waals surface area contributed by atoms with Gasteiger partial charge in [-0.3, -0.25) is 0 Å². The summed E-state index contributed by atoms with van der Waals surface area (Å²) in [6.45, 7) is 7.33. The van der Waals surface area contributed by atoms with Gasteiger partial charge in [-0.1, -0.05) is 0 Å². The fraction of sp³-hybridized carbons (Fsp3) is 0.857. The molecule has 0 aliphatic heterocycles. The highest BCUT2D eigenvalue weighted by Crippen LogP contribution is 1.96. The quantitative estimate of drug-likeness (QED) is 0.576. The molecule has 3 nitrogen and oxygen atoms in total. The maximum atomic E-state index is 9.59. The summed E-state index contributed by atoms with van der Waals surface area (Å²) in [7, 11) is 0. The fourth-order valence-electron chi connectivity index (χ4n) is 0.655. The number of hydrogen-bond donors (Lipinski definition) is 0. The molecule has 0 spiro atoms. The third-order valence-electron chi connectivity index (χ3n) is 0.881. The summed E-state index contributed by atoms with van der Waals surface area (Å²) in [5.74, 6) is 0. The Bertz CT molecular complexity index is 90.9. The monoisotopic (exact) mass is 145 g/mol. The van der Waals surface area contributed by atoms with Crippen LogP contribution in [-0.4, -0.2) is 25.3 Å². The highest BCUT2D eigenvalue weighted by Gasteiger charge is 2.03. The van der Waals surface area contributed by atoms with E-state index in [1.54, 1.807) is 0 Å². The second-order valence-corrected chi connectivity index (χ2v) is 2.39. The largest absolute Gasteiger partial charge is 0.455 e. The molecule has 1 unspecified atom stereocenters. The SMILES string of the molecule is CC(C)OC(C)CO[C]=O. The van der Waals surface area contributed by atoms with Crippen molar-refractivity contribution in [3.63, 3.8) is 0 Å². The lowest BCUT2D eigenvalue weighted by molar-refractivity contribution is -0.00943. The van der Waals surface area contributed by atoms with E-state index in [1.165, 1.54) is 6.47 Å². The van der Waals surface area contributed by atoms with Crippen molar-refractivity contribution < 1.29 is 14.3 Å². The predicted octanol–water partition coefficient (Wildman–Crippen LogP) is 0.884. The Morgan fingerprint density at radius 1 is 1.40 bits per heavy atom. The molecule has 3 heteroatoms. The maximum Gasteiger partial charge on any atom is 0.417 e. The second kappa shape index (κ2) is 5.23. The van der Waals surface area contributed by atoms with Gasteiger partial charge in [0.05, 0.1) is 12.2 Å². The van der Waals surface area contributed by atoms with Crippen LogP contribution in [0.25, 0.3) is 0 Å². The zero-order valence-electron chi connectivity index (χ0n) is 6.59. The lowest BCUT2D eigenvalue weighted by Gasteiger charge is -2.13. The summed E-state index contributed by atoms with van der Waals surface area (Å²) >= 11 is 0.